The number of para-hydroxylation sites is 1. The minimum Gasteiger partial charge on any atom is -0.483 e. The Labute approximate surface area is 144 Å². The molecule has 0 saturated carbocycles. The van der Waals surface area contributed by atoms with Gasteiger partial charge in [0.15, 0.2) is 6.61 Å². The molecule has 0 heterocycles. The summed E-state index contributed by atoms with van der Waals surface area (Å²) in [6.07, 6.45) is 3.96. The maximum absolute atomic E-state index is 12.0. The Balaban J connectivity index is 1.94. The summed E-state index contributed by atoms with van der Waals surface area (Å²) in [6.45, 7) is 12.0. The topological polar surface area (TPSA) is 50.7 Å². The van der Waals surface area contributed by atoms with Crippen LogP contribution in [-0.4, -0.2) is 18.2 Å². The van der Waals surface area contributed by atoms with Crippen LogP contribution in [0.15, 0.2) is 47.1 Å². The van der Waals surface area contributed by atoms with E-state index in [9.17, 15) is 4.79 Å². The van der Waals surface area contributed by atoms with Crippen molar-refractivity contribution >= 4 is 11.6 Å². The van der Waals surface area contributed by atoms with Gasteiger partial charge in [0.2, 0.25) is 0 Å². The zero-order chi connectivity index (χ0) is 17.7. The third-order valence-electron chi connectivity index (χ3n) is 4.37. The highest BCUT2D eigenvalue weighted by Crippen LogP contribution is 2.26. The first-order valence-corrected chi connectivity index (χ1v) is 8.25. The summed E-state index contributed by atoms with van der Waals surface area (Å²) in [5, 5.41) is 4.28. The summed E-state index contributed by atoms with van der Waals surface area (Å²) < 4.78 is 5.65. The molecule has 1 aliphatic carbocycles. The predicted octanol–water partition coefficient (Wildman–Crippen LogP) is 4.09. The van der Waals surface area contributed by atoms with Crippen LogP contribution in [0.4, 0.5) is 0 Å². The molecule has 0 aromatic heterocycles. The van der Waals surface area contributed by atoms with E-state index < -0.39 is 0 Å². The number of hydrogen-bond donors (Lipinski definition) is 1. The zero-order valence-corrected chi connectivity index (χ0v) is 15.0. The van der Waals surface area contributed by atoms with Crippen LogP contribution in [0.1, 0.15) is 37.8 Å². The molecule has 0 fully saturated rings. The molecule has 1 aromatic carbocycles. The Kier molecular flexibility index (Phi) is 5.96. The third-order valence-corrected chi connectivity index (χ3v) is 4.37. The van der Waals surface area contributed by atoms with Crippen LogP contribution in [-0.2, 0) is 4.79 Å². The predicted molar refractivity (Wildman–Crippen MR) is 98.3 cm³/mol. The molecule has 0 spiro atoms. The van der Waals surface area contributed by atoms with Crippen LogP contribution in [0, 0.1) is 19.8 Å². The van der Waals surface area contributed by atoms with Gasteiger partial charge in [0, 0.05) is 0 Å². The van der Waals surface area contributed by atoms with Crippen LogP contribution >= 0.6 is 0 Å². The van der Waals surface area contributed by atoms with Gasteiger partial charge in [0.05, 0.1) is 5.71 Å². The van der Waals surface area contributed by atoms with Gasteiger partial charge >= 0.3 is 0 Å². The summed E-state index contributed by atoms with van der Waals surface area (Å²) in [6, 6.07) is 5.91. The number of carbonyl (C=O) groups excluding carboxylic acids is 1. The summed E-state index contributed by atoms with van der Waals surface area (Å²) in [5.74, 6) is 0.905. The molecular formula is C20H26N2O2. The summed E-state index contributed by atoms with van der Waals surface area (Å²) >= 11 is 0. The Morgan fingerprint density at radius 2 is 2.00 bits per heavy atom. The lowest BCUT2D eigenvalue weighted by atomic mass is 9.85. The van der Waals surface area contributed by atoms with Gasteiger partial charge < -0.3 is 4.74 Å². The van der Waals surface area contributed by atoms with Gasteiger partial charge in [-0.05, 0) is 63.2 Å². The molecule has 24 heavy (non-hydrogen) atoms. The lowest BCUT2D eigenvalue weighted by Gasteiger charge is -2.22. The minimum atomic E-state index is -0.254. The van der Waals surface area contributed by atoms with E-state index in [4.69, 9.17) is 4.74 Å². The average Bonchev–Trinajstić information content (AvgIpc) is 2.53. The monoisotopic (exact) mass is 326 g/mol. The number of hydrogen-bond acceptors (Lipinski definition) is 3. The van der Waals surface area contributed by atoms with Crippen molar-refractivity contribution in [3.05, 3.63) is 53.1 Å². The van der Waals surface area contributed by atoms with Gasteiger partial charge in [-0.15, -0.1) is 0 Å². The van der Waals surface area contributed by atoms with Crippen LogP contribution in [0.3, 0.4) is 0 Å². The number of aryl methyl sites for hydroxylation is 2. The zero-order valence-electron chi connectivity index (χ0n) is 15.0. The van der Waals surface area contributed by atoms with Gasteiger partial charge in [-0.3, -0.25) is 4.79 Å². The fourth-order valence-corrected chi connectivity index (χ4v) is 2.75. The van der Waals surface area contributed by atoms with E-state index in [1.807, 2.05) is 45.9 Å². The van der Waals surface area contributed by atoms with E-state index in [1.54, 1.807) is 0 Å². The van der Waals surface area contributed by atoms with Crippen LogP contribution in [0.5, 0.6) is 5.75 Å². The molecule has 4 heteroatoms. The largest absolute Gasteiger partial charge is 0.483 e. The maximum Gasteiger partial charge on any atom is 0.277 e. The second-order valence-corrected chi connectivity index (χ2v) is 6.47. The molecule has 1 atom stereocenters. The molecule has 1 N–H and O–H groups in total. The Hall–Kier alpha value is -2.36. The van der Waals surface area contributed by atoms with Crippen molar-refractivity contribution in [3.63, 3.8) is 0 Å². The number of nitrogens with zero attached hydrogens (tertiary/aromatic N) is 1. The second-order valence-electron chi connectivity index (χ2n) is 6.47. The molecular weight excluding hydrogens is 300 g/mol. The molecule has 1 amide bonds. The molecule has 1 aliphatic rings. The number of nitrogens with one attached hydrogen (secondary N) is 1. The number of hydrazone groups is 1. The van der Waals surface area contributed by atoms with E-state index in [2.05, 4.69) is 23.2 Å². The first-order chi connectivity index (χ1) is 11.4. The highest BCUT2D eigenvalue weighted by molar-refractivity contribution is 6.01. The first kappa shape index (κ1) is 18.0. The number of rotatable bonds is 5. The van der Waals surface area contributed by atoms with E-state index in [0.29, 0.717) is 5.92 Å². The van der Waals surface area contributed by atoms with Crippen LogP contribution < -0.4 is 10.2 Å². The molecule has 0 saturated heterocycles. The highest BCUT2D eigenvalue weighted by atomic mass is 16.5. The maximum atomic E-state index is 12.0. The average molecular weight is 326 g/mol. The van der Waals surface area contributed by atoms with Gasteiger partial charge in [-0.2, -0.15) is 5.10 Å². The van der Waals surface area contributed by atoms with Crippen molar-refractivity contribution < 1.29 is 9.53 Å². The van der Waals surface area contributed by atoms with Gasteiger partial charge in [-0.1, -0.05) is 36.4 Å². The molecule has 1 unspecified atom stereocenters. The highest BCUT2D eigenvalue weighted by Gasteiger charge is 2.18. The quantitative estimate of drug-likeness (QED) is 0.654. The Bertz CT molecular complexity index is 681. The molecule has 0 aliphatic heterocycles. The molecule has 128 valence electrons. The van der Waals surface area contributed by atoms with E-state index in [1.165, 1.54) is 0 Å². The molecule has 4 nitrogen and oxygen atoms in total. The van der Waals surface area contributed by atoms with Crippen molar-refractivity contribution in [2.75, 3.05) is 6.61 Å². The fraction of sp³-hybridized carbons (Fsp3) is 0.400. The molecule has 2 rings (SSSR count). The van der Waals surface area contributed by atoms with Gasteiger partial charge in [0.25, 0.3) is 5.91 Å². The summed E-state index contributed by atoms with van der Waals surface area (Å²) in [5.41, 5.74) is 7.82. The number of allylic oxidation sites excluding steroid dienone is 3. The van der Waals surface area contributed by atoms with Crippen LogP contribution in [0.25, 0.3) is 0 Å². The van der Waals surface area contributed by atoms with Crippen LogP contribution in [0.2, 0.25) is 0 Å². The fourth-order valence-electron chi connectivity index (χ4n) is 2.75. The Morgan fingerprint density at radius 3 is 2.62 bits per heavy atom. The normalized spacial score (nSPS) is 18.9. The van der Waals surface area contributed by atoms with Crippen molar-refractivity contribution in [2.45, 2.75) is 40.5 Å². The Morgan fingerprint density at radius 1 is 1.33 bits per heavy atom. The van der Waals surface area contributed by atoms with Crippen molar-refractivity contribution in [3.8, 4) is 5.75 Å². The lowest BCUT2D eigenvalue weighted by Crippen LogP contribution is -2.27. The number of carbonyl (C=O) groups is 1. The smallest absolute Gasteiger partial charge is 0.277 e. The molecule has 0 bridgehead atoms. The first-order valence-electron chi connectivity index (χ1n) is 8.25. The van der Waals surface area contributed by atoms with Crippen molar-refractivity contribution in [1.82, 2.24) is 5.43 Å². The molecule has 1 aromatic rings. The summed E-state index contributed by atoms with van der Waals surface area (Å²) in [7, 11) is 0. The van der Waals surface area contributed by atoms with Crippen molar-refractivity contribution in [2.24, 2.45) is 11.0 Å². The van der Waals surface area contributed by atoms with Gasteiger partial charge in [0.1, 0.15) is 5.75 Å². The summed E-state index contributed by atoms with van der Waals surface area (Å²) in [4.78, 5) is 12.0. The van der Waals surface area contributed by atoms with E-state index in [-0.39, 0.29) is 12.5 Å². The molecule has 0 radical (unpaired) electrons. The second kappa shape index (κ2) is 7.95. The number of ether oxygens (including phenoxy) is 1. The number of benzene rings is 1. The van der Waals surface area contributed by atoms with E-state index >= 15 is 0 Å². The van der Waals surface area contributed by atoms with E-state index in [0.717, 1.165) is 46.6 Å². The lowest BCUT2D eigenvalue weighted by molar-refractivity contribution is -0.123. The standard InChI is InChI=1S/C20H26N2O2/c1-13(2)17-10-9-14(3)18(11-17)21-22-19(23)12-24-20-15(4)7-6-8-16(20)5/h6-9,17H,1,10-12H2,2-5H3,(H,22,23)/b21-18+. The number of amides is 1. The minimum absolute atomic E-state index is 0.0465. The van der Waals surface area contributed by atoms with Gasteiger partial charge in [-0.25, -0.2) is 5.43 Å². The SMILES string of the molecule is C=C(C)C1CC=C(C)/C(=N/NC(=O)COc2c(C)cccc2C)C1. The third kappa shape index (κ3) is 4.57. The van der Waals surface area contributed by atoms with Crippen molar-refractivity contribution in [1.29, 1.82) is 0 Å².